The Labute approximate surface area is 131 Å². The molecule has 120 valence electrons. The maximum absolute atomic E-state index is 5.44. The Kier molecular flexibility index (Phi) is 3.99. The average Bonchev–Trinajstić information content (AvgIpc) is 3.40. The molecule has 0 spiro atoms. The zero-order chi connectivity index (χ0) is 14.8. The van der Waals surface area contributed by atoms with Crippen LogP contribution in [0.25, 0.3) is 0 Å². The third-order valence-corrected chi connectivity index (χ3v) is 4.37. The van der Waals surface area contributed by atoms with Gasteiger partial charge in [-0.1, -0.05) is 0 Å². The van der Waals surface area contributed by atoms with Crippen LogP contribution in [-0.4, -0.2) is 68.5 Å². The van der Waals surface area contributed by atoms with Crippen molar-refractivity contribution in [1.29, 1.82) is 0 Å². The minimum absolute atomic E-state index is 0.600. The van der Waals surface area contributed by atoms with Crippen LogP contribution in [-0.2, 0) is 4.74 Å². The Bertz CT molecular complexity index is 473. The van der Waals surface area contributed by atoms with Crippen LogP contribution in [0.1, 0.15) is 12.8 Å². The van der Waals surface area contributed by atoms with Crippen molar-refractivity contribution in [2.75, 3.05) is 67.6 Å². The van der Waals surface area contributed by atoms with E-state index >= 15 is 0 Å². The van der Waals surface area contributed by atoms with Gasteiger partial charge in [-0.2, -0.15) is 9.97 Å². The van der Waals surface area contributed by atoms with Crippen molar-refractivity contribution >= 4 is 17.6 Å². The molecule has 7 nitrogen and oxygen atoms in total. The van der Waals surface area contributed by atoms with Gasteiger partial charge in [0.05, 0.1) is 13.2 Å². The fourth-order valence-corrected chi connectivity index (χ4v) is 2.89. The van der Waals surface area contributed by atoms with E-state index in [2.05, 4.69) is 26.5 Å². The van der Waals surface area contributed by atoms with Gasteiger partial charge in [0.15, 0.2) is 0 Å². The van der Waals surface area contributed by atoms with Gasteiger partial charge in [0.25, 0.3) is 0 Å². The normalized spacial score (nSPS) is 22.7. The molecule has 0 radical (unpaired) electrons. The lowest BCUT2D eigenvalue weighted by molar-refractivity contribution is 0.122. The number of nitrogens with zero attached hydrogens (tertiary/aromatic N) is 4. The Balaban J connectivity index is 1.60. The molecule has 0 unspecified atom stereocenters. The molecule has 1 aromatic rings. The minimum Gasteiger partial charge on any atom is -0.378 e. The highest BCUT2D eigenvalue weighted by atomic mass is 16.5. The van der Waals surface area contributed by atoms with Crippen molar-refractivity contribution < 1.29 is 4.74 Å². The van der Waals surface area contributed by atoms with Crippen LogP contribution >= 0.6 is 0 Å². The number of anilines is 3. The molecule has 0 bridgehead atoms. The van der Waals surface area contributed by atoms with Crippen LogP contribution in [0.3, 0.4) is 0 Å². The molecule has 1 saturated carbocycles. The summed E-state index contributed by atoms with van der Waals surface area (Å²) in [6.45, 7) is 7.29. The summed E-state index contributed by atoms with van der Waals surface area (Å²) in [5.74, 6) is 2.84. The van der Waals surface area contributed by atoms with Gasteiger partial charge in [-0.3, -0.25) is 0 Å². The first-order chi connectivity index (χ1) is 10.9. The van der Waals surface area contributed by atoms with Crippen molar-refractivity contribution in [3.63, 3.8) is 0 Å². The fraction of sp³-hybridized carbons (Fsp3) is 0.733. The van der Waals surface area contributed by atoms with Gasteiger partial charge in [-0.15, -0.1) is 0 Å². The van der Waals surface area contributed by atoms with Gasteiger partial charge >= 0.3 is 0 Å². The minimum atomic E-state index is 0.600. The van der Waals surface area contributed by atoms with E-state index in [1.54, 1.807) is 0 Å². The molecule has 0 amide bonds. The number of piperazine rings is 1. The van der Waals surface area contributed by atoms with E-state index in [0.717, 1.165) is 70.1 Å². The van der Waals surface area contributed by atoms with Crippen LogP contribution in [0.2, 0.25) is 0 Å². The van der Waals surface area contributed by atoms with Crippen LogP contribution in [0.4, 0.5) is 17.6 Å². The zero-order valence-electron chi connectivity index (χ0n) is 12.9. The molecule has 0 atom stereocenters. The third-order valence-electron chi connectivity index (χ3n) is 4.37. The summed E-state index contributed by atoms with van der Waals surface area (Å²) in [7, 11) is 0. The highest BCUT2D eigenvalue weighted by Gasteiger charge is 2.24. The summed E-state index contributed by atoms with van der Waals surface area (Å²) < 4.78 is 5.44. The van der Waals surface area contributed by atoms with E-state index in [4.69, 9.17) is 14.7 Å². The van der Waals surface area contributed by atoms with E-state index < -0.39 is 0 Å². The Morgan fingerprint density at radius 2 is 1.82 bits per heavy atom. The lowest BCUT2D eigenvalue weighted by Crippen LogP contribution is -2.44. The molecule has 1 aliphatic carbocycles. The smallest absolute Gasteiger partial charge is 0.229 e. The fourth-order valence-electron chi connectivity index (χ4n) is 2.89. The number of ether oxygens (including phenoxy) is 1. The number of morpholine rings is 1. The maximum Gasteiger partial charge on any atom is 0.229 e. The summed E-state index contributed by atoms with van der Waals surface area (Å²) in [6, 6.07) is 2.71. The second kappa shape index (κ2) is 6.26. The van der Waals surface area contributed by atoms with E-state index in [-0.39, 0.29) is 0 Å². The molecule has 4 rings (SSSR count). The first kappa shape index (κ1) is 14.0. The second-order valence-electron chi connectivity index (χ2n) is 6.17. The van der Waals surface area contributed by atoms with E-state index in [1.165, 1.54) is 12.8 Å². The second-order valence-corrected chi connectivity index (χ2v) is 6.17. The molecule has 3 heterocycles. The highest BCUT2D eigenvalue weighted by molar-refractivity contribution is 5.55. The van der Waals surface area contributed by atoms with Crippen LogP contribution in [0.15, 0.2) is 6.07 Å². The predicted molar refractivity (Wildman–Crippen MR) is 86.8 cm³/mol. The average molecular weight is 304 g/mol. The summed E-state index contributed by atoms with van der Waals surface area (Å²) in [6.07, 6.45) is 2.50. The Morgan fingerprint density at radius 3 is 2.55 bits per heavy atom. The number of aromatic nitrogens is 2. The molecule has 7 heteroatoms. The number of hydrogen-bond donors (Lipinski definition) is 2. The number of nitrogens with one attached hydrogen (secondary N) is 2. The van der Waals surface area contributed by atoms with Gasteiger partial charge in [-0.05, 0) is 12.8 Å². The molecular formula is C15H24N6O. The summed E-state index contributed by atoms with van der Waals surface area (Å²) in [5, 5.41) is 6.92. The van der Waals surface area contributed by atoms with Crippen LogP contribution in [0, 0.1) is 0 Å². The van der Waals surface area contributed by atoms with Crippen LogP contribution in [0.5, 0.6) is 0 Å². The standard InChI is InChI=1S/C15H24N6O/c1-2-12(1)17-13-11-14(20-5-3-16-4-6-20)19-15(18-13)21-7-9-22-10-8-21/h11-12,16H,1-10H2,(H,17,18,19). The van der Waals surface area contributed by atoms with Gasteiger partial charge in [0, 0.05) is 51.4 Å². The Morgan fingerprint density at radius 1 is 1.05 bits per heavy atom. The lowest BCUT2D eigenvalue weighted by atomic mass is 10.3. The first-order valence-corrected chi connectivity index (χ1v) is 8.32. The quantitative estimate of drug-likeness (QED) is 0.829. The highest BCUT2D eigenvalue weighted by Crippen LogP contribution is 2.27. The summed E-state index contributed by atoms with van der Waals surface area (Å²) >= 11 is 0. The molecule has 22 heavy (non-hydrogen) atoms. The molecule has 0 aromatic carbocycles. The van der Waals surface area contributed by atoms with Crippen molar-refractivity contribution in [1.82, 2.24) is 15.3 Å². The van der Waals surface area contributed by atoms with Crippen molar-refractivity contribution in [2.24, 2.45) is 0 Å². The lowest BCUT2D eigenvalue weighted by Gasteiger charge is -2.31. The van der Waals surface area contributed by atoms with Crippen LogP contribution < -0.4 is 20.4 Å². The van der Waals surface area contributed by atoms with Gasteiger partial charge in [0.2, 0.25) is 5.95 Å². The predicted octanol–water partition coefficient (Wildman–Crippen LogP) is 0.297. The SMILES string of the molecule is c1c(NC2CC2)nc(N2CCOCC2)nc1N1CCNCC1. The topological polar surface area (TPSA) is 65.5 Å². The molecular weight excluding hydrogens is 280 g/mol. The van der Waals surface area contributed by atoms with E-state index in [0.29, 0.717) is 6.04 Å². The maximum atomic E-state index is 5.44. The monoisotopic (exact) mass is 304 g/mol. The van der Waals surface area contributed by atoms with Gasteiger partial charge in [0.1, 0.15) is 11.6 Å². The molecule has 2 saturated heterocycles. The van der Waals surface area contributed by atoms with Crippen molar-refractivity contribution in [3.05, 3.63) is 6.07 Å². The third kappa shape index (κ3) is 3.25. The zero-order valence-corrected chi connectivity index (χ0v) is 12.9. The van der Waals surface area contributed by atoms with Gasteiger partial charge < -0.3 is 25.2 Å². The summed E-state index contributed by atoms with van der Waals surface area (Å²) in [4.78, 5) is 14.1. The van der Waals surface area contributed by atoms with Crippen molar-refractivity contribution in [2.45, 2.75) is 18.9 Å². The number of hydrogen-bond acceptors (Lipinski definition) is 7. The van der Waals surface area contributed by atoms with Crippen molar-refractivity contribution in [3.8, 4) is 0 Å². The first-order valence-electron chi connectivity index (χ1n) is 8.32. The Hall–Kier alpha value is -1.60. The molecule has 3 fully saturated rings. The largest absolute Gasteiger partial charge is 0.378 e. The number of rotatable bonds is 4. The van der Waals surface area contributed by atoms with E-state index in [1.807, 2.05) is 0 Å². The molecule has 2 aliphatic heterocycles. The van der Waals surface area contributed by atoms with E-state index in [9.17, 15) is 0 Å². The van der Waals surface area contributed by atoms with Gasteiger partial charge in [-0.25, -0.2) is 0 Å². The molecule has 1 aromatic heterocycles. The summed E-state index contributed by atoms with van der Waals surface area (Å²) in [5.41, 5.74) is 0. The molecule has 2 N–H and O–H groups in total. The molecule has 3 aliphatic rings.